The minimum absolute atomic E-state index is 0.0987. The first kappa shape index (κ1) is 13.9. The van der Waals surface area contributed by atoms with E-state index in [0.29, 0.717) is 6.61 Å². The Morgan fingerprint density at radius 3 is 2.95 bits per heavy atom. The maximum Gasteiger partial charge on any atom is 0.161 e. The molecule has 0 amide bonds. The Kier molecular flexibility index (Phi) is 4.29. The highest BCUT2D eigenvalue weighted by molar-refractivity contribution is 8.14. The molecule has 3 rings (SSSR count). The lowest BCUT2D eigenvalue weighted by molar-refractivity contribution is 0.0624. The molecule has 1 aromatic rings. The number of amidine groups is 1. The molecule has 1 N–H and O–H groups in total. The van der Waals surface area contributed by atoms with E-state index in [2.05, 4.69) is 17.4 Å². The second-order valence-corrected chi connectivity index (χ2v) is 6.22. The van der Waals surface area contributed by atoms with Crippen molar-refractivity contribution in [1.82, 2.24) is 0 Å². The van der Waals surface area contributed by atoms with Gasteiger partial charge in [0.25, 0.3) is 0 Å². The van der Waals surface area contributed by atoms with E-state index in [0.717, 1.165) is 48.2 Å². The van der Waals surface area contributed by atoms with Crippen LogP contribution in [0.2, 0.25) is 0 Å². The summed E-state index contributed by atoms with van der Waals surface area (Å²) < 4.78 is 10.7. The zero-order valence-electron chi connectivity index (χ0n) is 11.7. The lowest BCUT2D eigenvalue weighted by Crippen LogP contribution is -2.34. The molecule has 0 saturated carbocycles. The molecule has 0 bridgehead atoms. The molecule has 1 saturated heterocycles. The third-order valence-electron chi connectivity index (χ3n) is 3.80. The van der Waals surface area contributed by atoms with Gasteiger partial charge < -0.3 is 14.8 Å². The Morgan fingerprint density at radius 1 is 1.35 bits per heavy atom. The predicted molar refractivity (Wildman–Crippen MR) is 83.5 cm³/mol. The lowest BCUT2D eigenvalue weighted by atomic mass is 9.93. The quantitative estimate of drug-likeness (QED) is 0.930. The molecule has 20 heavy (non-hydrogen) atoms. The van der Waals surface area contributed by atoms with Gasteiger partial charge in [-0.3, -0.25) is 4.99 Å². The van der Waals surface area contributed by atoms with Gasteiger partial charge in [-0.25, -0.2) is 0 Å². The van der Waals surface area contributed by atoms with E-state index < -0.39 is 0 Å². The van der Waals surface area contributed by atoms with Crippen molar-refractivity contribution in [2.45, 2.75) is 25.0 Å². The van der Waals surface area contributed by atoms with Crippen LogP contribution in [0.25, 0.3) is 0 Å². The molecule has 2 heterocycles. The topological polar surface area (TPSA) is 42.8 Å². The molecule has 0 aromatic heterocycles. The van der Waals surface area contributed by atoms with E-state index in [1.165, 1.54) is 0 Å². The molecule has 2 aliphatic heterocycles. The third-order valence-corrected chi connectivity index (χ3v) is 4.95. The molecule has 0 unspecified atom stereocenters. The van der Waals surface area contributed by atoms with Crippen molar-refractivity contribution in [3.05, 3.63) is 29.8 Å². The third kappa shape index (κ3) is 3.00. The number of thioether (sulfide) groups is 1. The maximum atomic E-state index is 5.45. The van der Waals surface area contributed by atoms with Gasteiger partial charge in [0.1, 0.15) is 0 Å². The van der Waals surface area contributed by atoms with Crippen molar-refractivity contribution in [3.63, 3.8) is 0 Å². The summed E-state index contributed by atoms with van der Waals surface area (Å²) in [5, 5.41) is 4.48. The second kappa shape index (κ2) is 6.16. The summed E-state index contributed by atoms with van der Waals surface area (Å²) in [6.45, 7) is 2.27. The molecule has 0 radical (unpaired) electrons. The number of rotatable bonds is 3. The first-order valence-corrected chi connectivity index (χ1v) is 7.94. The van der Waals surface area contributed by atoms with Gasteiger partial charge in [-0.15, -0.1) is 0 Å². The number of ether oxygens (including phenoxy) is 2. The molecule has 2 aliphatic rings. The Labute approximate surface area is 123 Å². The van der Waals surface area contributed by atoms with Gasteiger partial charge in [0.05, 0.1) is 12.1 Å². The van der Waals surface area contributed by atoms with Gasteiger partial charge in [-0.05, 0) is 18.9 Å². The maximum absolute atomic E-state index is 5.45. The van der Waals surface area contributed by atoms with E-state index >= 15 is 0 Å². The number of hydrogen-bond acceptors (Lipinski definition) is 5. The van der Waals surface area contributed by atoms with E-state index in [1.54, 1.807) is 7.11 Å². The summed E-state index contributed by atoms with van der Waals surface area (Å²) in [5.41, 5.74) is 2.34. The molecular weight excluding hydrogens is 272 g/mol. The van der Waals surface area contributed by atoms with Gasteiger partial charge in [-0.1, -0.05) is 30.0 Å². The van der Waals surface area contributed by atoms with Crippen LogP contribution in [0, 0.1) is 0 Å². The van der Waals surface area contributed by atoms with Crippen molar-refractivity contribution in [1.29, 1.82) is 0 Å². The average molecular weight is 292 g/mol. The fourth-order valence-corrected chi connectivity index (χ4v) is 3.79. The Hall–Kier alpha value is -1.04. The van der Waals surface area contributed by atoms with Crippen LogP contribution in [0.1, 0.15) is 18.4 Å². The van der Waals surface area contributed by atoms with E-state index in [-0.39, 0.29) is 5.54 Å². The highest BCUT2D eigenvalue weighted by atomic mass is 32.2. The van der Waals surface area contributed by atoms with Gasteiger partial charge in [0, 0.05) is 37.3 Å². The molecule has 1 spiro atoms. The number of aliphatic imine (C=N–C) groups is 1. The van der Waals surface area contributed by atoms with Crippen LogP contribution in [-0.4, -0.2) is 36.8 Å². The molecule has 5 heteroatoms. The van der Waals surface area contributed by atoms with Crippen LogP contribution >= 0.6 is 11.8 Å². The number of nitrogens with one attached hydrogen (secondary N) is 1. The van der Waals surface area contributed by atoms with Gasteiger partial charge in [0.15, 0.2) is 5.17 Å². The summed E-state index contributed by atoms with van der Waals surface area (Å²) >= 11 is 1.81. The Bertz CT molecular complexity index is 498. The number of anilines is 1. The van der Waals surface area contributed by atoms with Crippen molar-refractivity contribution in [2.75, 3.05) is 31.4 Å². The monoisotopic (exact) mass is 292 g/mol. The number of benzene rings is 1. The SMILES string of the molecule is COCc1ccccc1NC1=NC2(CCOCC2)CS1. The highest BCUT2D eigenvalue weighted by Gasteiger charge is 2.37. The smallest absolute Gasteiger partial charge is 0.161 e. The van der Waals surface area contributed by atoms with E-state index in [9.17, 15) is 0 Å². The fraction of sp³-hybridized carbons (Fsp3) is 0.533. The van der Waals surface area contributed by atoms with Crippen LogP contribution < -0.4 is 5.32 Å². The molecule has 1 fully saturated rings. The lowest BCUT2D eigenvalue weighted by Gasteiger charge is -2.29. The van der Waals surface area contributed by atoms with Crippen molar-refractivity contribution in [2.24, 2.45) is 4.99 Å². The zero-order valence-corrected chi connectivity index (χ0v) is 12.5. The second-order valence-electron chi connectivity index (χ2n) is 5.26. The number of methoxy groups -OCH3 is 1. The van der Waals surface area contributed by atoms with Crippen LogP contribution in [0.5, 0.6) is 0 Å². The molecule has 4 nitrogen and oxygen atoms in total. The van der Waals surface area contributed by atoms with Crippen LogP contribution in [0.3, 0.4) is 0 Å². The van der Waals surface area contributed by atoms with E-state index in [1.807, 2.05) is 23.9 Å². The van der Waals surface area contributed by atoms with Gasteiger partial charge in [-0.2, -0.15) is 0 Å². The minimum atomic E-state index is 0.0987. The van der Waals surface area contributed by atoms with Gasteiger partial charge in [0.2, 0.25) is 0 Å². The van der Waals surface area contributed by atoms with Crippen LogP contribution in [0.4, 0.5) is 5.69 Å². The molecular formula is C15H20N2O2S. The van der Waals surface area contributed by atoms with Crippen LogP contribution in [-0.2, 0) is 16.1 Å². The first-order chi connectivity index (χ1) is 9.81. The minimum Gasteiger partial charge on any atom is -0.381 e. The molecule has 0 aliphatic carbocycles. The molecule has 1 aromatic carbocycles. The Morgan fingerprint density at radius 2 is 2.15 bits per heavy atom. The number of para-hydroxylation sites is 1. The summed E-state index contributed by atoms with van der Waals surface area (Å²) in [7, 11) is 1.72. The summed E-state index contributed by atoms with van der Waals surface area (Å²) in [5.74, 6) is 1.06. The predicted octanol–water partition coefficient (Wildman–Crippen LogP) is 2.90. The average Bonchev–Trinajstić information content (AvgIpc) is 2.85. The van der Waals surface area contributed by atoms with Crippen LogP contribution in [0.15, 0.2) is 29.3 Å². The molecule has 0 atom stereocenters. The number of nitrogens with zero attached hydrogens (tertiary/aromatic N) is 1. The van der Waals surface area contributed by atoms with Crippen molar-refractivity contribution in [3.8, 4) is 0 Å². The number of hydrogen-bond donors (Lipinski definition) is 1. The fourth-order valence-electron chi connectivity index (χ4n) is 2.59. The normalized spacial score (nSPS) is 20.9. The van der Waals surface area contributed by atoms with Crippen molar-refractivity contribution < 1.29 is 9.47 Å². The summed E-state index contributed by atoms with van der Waals surface area (Å²) in [4.78, 5) is 4.92. The van der Waals surface area contributed by atoms with Crippen molar-refractivity contribution >= 4 is 22.6 Å². The van der Waals surface area contributed by atoms with E-state index in [4.69, 9.17) is 14.5 Å². The summed E-state index contributed by atoms with van der Waals surface area (Å²) in [6, 6.07) is 8.22. The highest BCUT2D eigenvalue weighted by Crippen LogP contribution is 2.36. The molecule has 108 valence electrons. The Balaban J connectivity index is 1.73. The largest absolute Gasteiger partial charge is 0.381 e. The first-order valence-electron chi connectivity index (χ1n) is 6.96. The standard InChI is InChI=1S/C15H20N2O2S/c1-18-10-12-4-2-3-5-13(12)16-14-17-15(11-20-14)6-8-19-9-7-15/h2-5H,6-11H2,1H3,(H,16,17). The summed E-state index contributed by atoms with van der Waals surface area (Å²) in [6.07, 6.45) is 2.07. The van der Waals surface area contributed by atoms with Gasteiger partial charge >= 0.3 is 0 Å². The zero-order chi connectivity index (χ0) is 13.8.